The van der Waals surface area contributed by atoms with Crippen LogP contribution in [0.3, 0.4) is 0 Å². The van der Waals surface area contributed by atoms with E-state index in [1.165, 1.54) is 6.42 Å². The first-order valence-corrected chi connectivity index (χ1v) is 10.0. The van der Waals surface area contributed by atoms with Crippen LogP contribution in [0, 0.1) is 0 Å². The lowest BCUT2D eigenvalue weighted by Gasteiger charge is -2.36. The largest absolute Gasteiger partial charge is 0.497 e. The summed E-state index contributed by atoms with van der Waals surface area (Å²) in [6.07, 6.45) is 6.07. The molecule has 0 bridgehead atoms. The summed E-state index contributed by atoms with van der Waals surface area (Å²) in [4.78, 5) is 17.4. The highest BCUT2D eigenvalue weighted by Crippen LogP contribution is 2.39. The number of aliphatic hydroxyl groups excluding tert-OH is 1. The minimum atomic E-state index is 0.0311. The first-order valence-electron chi connectivity index (χ1n) is 10.0. The van der Waals surface area contributed by atoms with Crippen molar-refractivity contribution < 1.29 is 19.4 Å². The van der Waals surface area contributed by atoms with Crippen LogP contribution in [0.5, 0.6) is 11.5 Å². The average Bonchev–Trinajstić information content (AvgIpc) is 3.19. The number of likely N-dealkylation sites (tertiary alicyclic amines) is 2. The molecule has 2 aliphatic heterocycles. The lowest BCUT2D eigenvalue weighted by Crippen LogP contribution is -2.47. The van der Waals surface area contributed by atoms with Gasteiger partial charge in [-0.05, 0) is 56.8 Å². The summed E-state index contributed by atoms with van der Waals surface area (Å²) in [5, 5.41) is 9.33. The van der Waals surface area contributed by atoms with Crippen LogP contribution in [-0.2, 0) is 4.79 Å². The summed E-state index contributed by atoms with van der Waals surface area (Å²) >= 11 is 0. The molecule has 2 atom stereocenters. The Bertz CT molecular complexity index is 635. The van der Waals surface area contributed by atoms with Gasteiger partial charge in [-0.1, -0.05) is 6.42 Å². The molecule has 2 heterocycles. The third kappa shape index (κ3) is 4.55. The molecule has 2 fully saturated rings. The molecule has 6 nitrogen and oxygen atoms in total. The molecule has 27 heavy (non-hydrogen) atoms. The van der Waals surface area contributed by atoms with Gasteiger partial charge in [0.15, 0.2) is 0 Å². The van der Waals surface area contributed by atoms with Gasteiger partial charge in [0.2, 0.25) is 5.91 Å². The summed E-state index contributed by atoms with van der Waals surface area (Å²) in [6, 6.07) is 6.14. The molecule has 0 aromatic heterocycles. The zero-order chi connectivity index (χ0) is 19.2. The van der Waals surface area contributed by atoms with Crippen LogP contribution in [0.25, 0.3) is 0 Å². The van der Waals surface area contributed by atoms with E-state index in [0.29, 0.717) is 12.6 Å². The third-order valence-corrected chi connectivity index (χ3v) is 5.92. The van der Waals surface area contributed by atoms with Crippen molar-refractivity contribution in [3.8, 4) is 11.5 Å². The Hall–Kier alpha value is -1.79. The molecule has 2 saturated heterocycles. The van der Waals surface area contributed by atoms with Crippen molar-refractivity contribution in [2.75, 3.05) is 40.5 Å². The molecular formula is C21H32N2O4. The van der Waals surface area contributed by atoms with Crippen molar-refractivity contribution in [3.63, 3.8) is 0 Å². The van der Waals surface area contributed by atoms with Gasteiger partial charge in [-0.15, -0.1) is 0 Å². The minimum absolute atomic E-state index is 0.0311. The first kappa shape index (κ1) is 20.0. The number of methoxy groups -OCH3 is 2. The van der Waals surface area contributed by atoms with Crippen molar-refractivity contribution in [3.05, 3.63) is 23.8 Å². The molecule has 0 radical (unpaired) electrons. The van der Waals surface area contributed by atoms with E-state index in [-0.39, 0.29) is 18.6 Å². The van der Waals surface area contributed by atoms with Gasteiger partial charge in [0.1, 0.15) is 11.5 Å². The maximum absolute atomic E-state index is 13.2. The SMILES string of the molecule is COc1ccc(OC)c(C2CCCN2C(=O)CN2CCCCC2CCO)c1. The maximum atomic E-state index is 13.2. The summed E-state index contributed by atoms with van der Waals surface area (Å²) in [6.45, 7) is 2.34. The second-order valence-corrected chi connectivity index (χ2v) is 7.49. The molecular weight excluding hydrogens is 344 g/mol. The lowest BCUT2D eigenvalue weighted by molar-refractivity contribution is -0.134. The topological polar surface area (TPSA) is 62.2 Å². The molecule has 1 amide bonds. The average molecular weight is 376 g/mol. The number of carbonyl (C=O) groups is 1. The van der Waals surface area contributed by atoms with Gasteiger partial charge in [-0.2, -0.15) is 0 Å². The highest BCUT2D eigenvalue weighted by atomic mass is 16.5. The van der Waals surface area contributed by atoms with Crippen molar-refractivity contribution in [2.24, 2.45) is 0 Å². The molecule has 6 heteroatoms. The predicted molar refractivity (Wildman–Crippen MR) is 104 cm³/mol. The number of nitrogens with zero attached hydrogens (tertiary/aromatic N) is 2. The zero-order valence-corrected chi connectivity index (χ0v) is 16.5. The van der Waals surface area contributed by atoms with Gasteiger partial charge < -0.3 is 19.5 Å². The summed E-state index contributed by atoms with van der Waals surface area (Å²) in [5.74, 6) is 1.76. The standard InChI is InChI=1S/C21H32N2O4/c1-26-17-8-9-20(27-2)18(14-17)19-7-5-12-23(19)21(25)15-22-11-4-3-6-16(22)10-13-24/h8-9,14,16,19,24H,3-7,10-13,15H2,1-2H3. The second kappa shape index (κ2) is 9.42. The fraction of sp³-hybridized carbons (Fsp3) is 0.667. The Morgan fingerprint density at radius 3 is 2.74 bits per heavy atom. The number of aliphatic hydroxyl groups is 1. The Kier molecular flexibility index (Phi) is 6.96. The molecule has 2 aliphatic rings. The number of piperidine rings is 1. The van der Waals surface area contributed by atoms with Crippen molar-refractivity contribution in [1.82, 2.24) is 9.80 Å². The van der Waals surface area contributed by atoms with Gasteiger partial charge in [0, 0.05) is 24.8 Å². The third-order valence-electron chi connectivity index (χ3n) is 5.92. The molecule has 1 aromatic rings. The molecule has 0 aliphatic carbocycles. The van der Waals surface area contributed by atoms with E-state index in [9.17, 15) is 9.90 Å². The number of ether oxygens (including phenoxy) is 2. The smallest absolute Gasteiger partial charge is 0.237 e. The van der Waals surface area contributed by atoms with Gasteiger partial charge in [-0.3, -0.25) is 9.69 Å². The number of amides is 1. The molecule has 0 spiro atoms. The molecule has 1 N–H and O–H groups in total. The minimum Gasteiger partial charge on any atom is -0.497 e. The number of hydrogen-bond acceptors (Lipinski definition) is 5. The predicted octanol–water partition coefficient (Wildman–Crippen LogP) is 2.60. The number of rotatable bonds is 7. The Morgan fingerprint density at radius 1 is 1.15 bits per heavy atom. The molecule has 150 valence electrons. The van der Waals surface area contributed by atoms with E-state index in [1.54, 1.807) is 14.2 Å². The normalized spacial score (nSPS) is 23.4. The van der Waals surface area contributed by atoms with E-state index >= 15 is 0 Å². The Balaban J connectivity index is 1.75. The van der Waals surface area contributed by atoms with Crippen LogP contribution in [0.1, 0.15) is 50.1 Å². The summed E-state index contributed by atoms with van der Waals surface area (Å²) in [5.41, 5.74) is 1.02. The van der Waals surface area contributed by atoms with E-state index in [1.807, 2.05) is 23.1 Å². The molecule has 3 rings (SSSR count). The molecule has 2 unspecified atom stereocenters. The van der Waals surface area contributed by atoms with Gasteiger partial charge >= 0.3 is 0 Å². The van der Waals surface area contributed by atoms with Gasteiger partial charge in [0.25, 0.3) is 0 Å². The van der Waals surface area contributed by atoms with Crippen molar-refractivity contribution >= 4 is 5.91 Å². The quantitative estimate of drug-likeness (QED) is 0.793. The molecule has 0 saturated carbocycles. The fourth-order valence-corrected chi connectivity index (χ4v) is 4.50. The van der Waals surface area contributed by atoms with E-state index in [2.05, 4.69) is 4.90 Å². The molecule has 1 aromatic carbocycles. The van der Waals surface area contributed by atoms with E-state index in [4.69, 9.17) is 9.47 Å². The second-order valence-electron chi connectivity index (χ2n) is 7.49. The van der Waals surface area contributed by atoms with Crippen LogP contribution in [-0.4, -0.2) is 67.3 Å². The monoisotopic (exact) mass is 376 g/mol. The lowest BCUT2D eigenvalue weighted by atomic mass is 9.99. The Morgan fingerprint density at radius 2 is 2.00 bits per heavy atom. The highest BCUT2D eigenvalue weighted by molar-refractivity contribution is 5.79. The van der Waals surface area contributed by atoms with Crippen LogP contribution in [0.4, 0.5) is 0 Å². The summed E-state index contributed by atoms with van der Waals surface area (Å²) in [7, 11) is 3.32. The van der Waals surface area contributed by atoms with Crippen molar-refractivity contribution in [1.29, 1.82) is 0 Å². The zero-order valence-electron chi connectivity index (χ0n) is 16.5. The van der Waals surface area contributed by atoms with Gasteiger partial charge in [-0.25, -0.2) is 0 Å². The van der Waals surface area contributed by atoms with Crippen LogP contribution in [0.15, 0.2) is 18.2 Å². The number of carbonyl (C=O) groups excluding carboxylic acids is 1. The van der Waals surface area contributed by atoms with Crippen molar-refractivity contribution in [2.45, 2.75) is 50.6 Å². The van der Waals surface area contributed by atoms with Gasteiger partial charge in [0.05, 0.1) is 26.8 Å². The number of hydrogen-bond donors (Lipinski definition) is 1. The fourth-order valence-electron chi connectivity index (χ4n) is 4.50. The van der Waals surface area contributed by atoms with Crippen LogP contribution >= 0.6 is 0 Å². The van der Waals surface area contributed by atoms with Crippen LogP contribution < -0.4 is 9.47 Å². The Labute approximate surface area is 162 Å². The summed E-state index contributed by atoms with van der Waals surface area (Å²) < 4.78 is 10.9. The first-order chi connectivity index (χ1) is 13.2. The number of benzene rings is 1. The van der Waals surface area contributed by atoms with E-state index in [0.717, 1.165) is 62.3 Å². The maximum Gasteiger partial charge on any atom is 0.237 e. The highest BCUT2D eigenvalue weighted by Gasteiger charge is 2.34. The van der Waals surface area contributed by atoms with Crippen LogP contribution in [0.2, 0.25) is 0 Å². The van der Waals surface area contributed by atoms with E-state index < -0.39 is 0 Å².